The SMILES string of the molecule is c1ccc([C@]2(C3CO3)CO2)nc1. The molecule has 3 heterocycles. The van der Waals surface area contributed by atoms with Crippen LogP contribution in [0.3, 0.4) is 0 Å². The highest BCUT2D eigenvalue weighted by atomic mass is 16.7. The molecule has 1 aromatic heterocycles. The number of rotatable bonds is 2. The van der Waals surface area contributed by atoms with Gasteiger partial charge in [0.15, 0.2) is 5.60 Å². The minimum atomic E-state index is -0.179. The molecule has 0 aliphatic carbocycles. The standard InChI is InChI=1S/C9H9NO2/c1-2-4-10-7(3-1)9(6-12-9)8-5-11-8/h1-4,8H,5-6H2/t8?,9-/m0/s1. The molecule has 2 aliphatic rings. The summed E-state index contributed by atoms with van der Waals surface area (Å²) in [6.07, 6.45) is 2.05. The van der Waals surface area contributed by atoms with E-state index < -0.39 is 0 Å². The molecule has 2 aliphatic heterocycles. The van der Waals surface area contributed by atoms with E-state index in [-0.39, 0.29) is 11.7 Å². The molecular formula is C9H9NO2. The number of ether oxygens (including phenoxy) is 2. The van der Waals surface area contributed by atoms with Gasteiger partial charge in [0.25, 0.3) is 0 Å². The maximum absolute atomic E-state index is 5.42. The topological polar surface area (TPSA) is 38.0 Å². The first-order valence-electron chi connectivity index (χ1n) is 4.09. The lowest BCUT2D eigenvalue weighted by molar-refractivity contribution is 0.234. The lowest BCUT2D eigenvalue weighted by atomic mass is 10.0. The molecule has 1 aromatic rings. The molecule has 62 valence electrons. The third kappa shape index (κ3) is 0.806. The number of epoxide rings is 2. The van der Waals surface area contributed by atoms with E-state index in [1.807, 2.05) is 18.2 Å². The predicted molar refractivity (Wildman–Crippen MR) is 41.6 cm³/mol. The van der Waals surface area contributed by atoms with Crippen molar-refractivity contribution in [3.63, 3.8) is 0 Å². The van der Waals surface area contributed by atoms with Gasteiger partial charge < -0.3 is 9.47 Å². The maximum atomic E-state index is 5.42. The van der Waals surface area contributed by atoms with Gasteiger partial charge >= 0.3 is 0 Å². The van der Waals surface area contributed by atoms with Crippen LogP contribution in [0.15, 0.2) is 24.4 Å². The second-order valence-electron chi connectivity index (χ2n) is 3.22. The van der Waals surface area contributed by atoms with Gasteiger partial charge in [0, 0.05) is 6.20 Å². The quantitative estimate of drug-likeness (QED) is 0.602. The summed E-state index contributed by atoms with van der Waals surface area (Å²) in [4.78, 5) is 4.27. The Morgan fingerprint density at radius 2 is 2.33 bits per heavy atom. The van der Waals surface area contributed by atoms with Crippen molar-refractivity contribution in [2.24, 2.45) is 0 Å². The van der Waals surface area contributed by atoms with Crippen LogP contribution in [0.5, 0.6) is 0 Å². The third-order valence-corrected chi connectivity index (χ3v) is 2.41. The van der Waals surface area contributed by atoms with Crippen LogP contribution < -0.4 is 0 Å². The first-order chi connectivity index (χ1) is 5.92. The lowest BCUT2D eigenvalue weighted by Gasteiger charge is -2.05. The first kappa shape index (κ1) is 6.57. The zero-order valence-electron chi connectivity index (χ0n) is 6.56. The fraction of sp³-hybridized carbons (Fsp3) is 0.444. The summed E-state index contributed by atoms with van der Waals surface area (Å²) in [5.74, 6) is 0. The highest BCUT2D eigenvalue weighted by molar-refractivity contribution is 5.23. The molecule has 2 saturated heterocycles. The fourth-order valence-corrected chi connectivity index (χ4v) is 1.51. The summed E-state index contributed by atoms with van der Waals surface area (Å²) in [6, 6.07) is 5.89. The van der Waals surface area contributed by atoms with Gasteiger partial charge in [0.05, 0.1) is 18.9 Å². The molecule has 2 atom stereocenters. The summed E-state index contributed by atoms with van der Waals surface area (Å²) in [5, 5.41) is 0. The Kier molecular flexibility index (Phi) is 1.13. The second-order valence-corrected chi connectivity index (χ2v) is 3.22. The van der Waals surface area contributed by atoms with Gasteiger partial charge in [0.1, 0.15) is 6.10 Å². The van der Waals surface area contributed by atoms with Gasteiger partial charge in [-0.3, -0.25) is 4.98 Å². The number of hydrogen-bond donors (Lipinski definition) is 0. The van der Waals surface area contributed by atoms with Crippen LogP contribution in [0.1, 0.15) is 5.69 Å². The predicted octanol–water partition coefficient (Wildman–Crippen LogP) is 0.706. The second kappa shape index (κ2) is 2.06. The van der Waals surface area contributed by atoms with Crippen LogP contribution in [0.25, 0.3) is 0 Å². The zero-order chi connectivity index (χ0) is 8.02. The van der Waals surface area contributed by atoms with E-state index in [1.54, 1.807) is 6.20 Å². The van der Waals surface area contributed by atoms with Gasteiger partial charge in [-0.05, 0) is 12.1 Å². The monoisotopic (exact) mass is 163 g/mol. The molecule has 2 fully saturated rings. The number of nitrogens with zero attached hydrogens (tertiary/aromatic N) is 1. The van der Waals surface area contributed by atoms with Crippen LogP contribution in [0.2, 0.25) is 0 Å². The summed E-state index contributed by atoms with van der Waals surface area (Å²) in [7, 11) is 0. The largest absolute Gasteiger partial charge is 0.369 e. The molecule has 0 N–H and O–H groups in total. The minimum Gasteiger partial charge on any atom is -0.369 e. The Balaban J connectivity index is 1.97. The molecule has 3 heteroatoms. The van der Waals surface area contributed by atoms with Gasteiger partial charge in [0.2, 0.25) is 0 Å². The maximum Gasteiger partial charge on any atom is 0.161 e. The van der Waals surface area contributed by atoms with Gasteiger partial charge in [-0.15, -0.1) is 0 Å². The van der Waals surface area contributed by atoms with Crippen LogP contribution in [0, 0.1) is 0 Å². The molecule has 0 saturated carbocycles. The Morgan fingerprint density at radius 1 is 1.50 bits per heavy atom. The van der Waals surface area contributed by atoms with E-state index in [9.17, 15) is 0 Å². The molecule has 3 nitrogen and oxygen atoms in total. The van der Waals surface area contributed by atoms with Gasteiger partial charge in [-0.2, -0.15) is 0 Å². The van der Waals surface area contributed by atoms with Crippen molar-refractivity contribution in [3.05, 3.63) is 30.1 Å². The molecular weight excluding hydrogens is 154 g/mol. The summed E-state index contributed by atoms with van der Waals surface area (Å²) >= 11 is 0. The number of aromatic nitrogens is 1. The first-order valence-corrected chi connectivity index (χ1v) is 4.09. The zero-order valence-corrected chi connectivity index (χ0v) is 6.56. The summed E-state index contributed by atoms with van der Waals surface area (Å²) < 4.78 is 10.6. The van der Waals surface area contributed by atoms with Crippen LogP contribution in [-0.2, 0) is 15.1 Å². The molecule has 0 radical (unpaired) electrons. The van der Waals surface area contributed by atoms with Gasteiger partial charge in [-0.25, -0.2) is 0 Å². The van der Waals surface area contributed by atoms with Crippen molar-refractivity contribution in [1.82, 2.24) is 4.98 Å². The molecule has 3 rings (SSSR count). The van der Waals surface area contributed by atoms with E-state index in [1.165, 1.54) is 0 Å². The van der Waals surface area contributed by atoms with Crippen molar-refractivity contribution in [1.29, 1.82) is 0 Å². The third-order valence-electron chi connectivity index (χ3n) is 2.41. The molecule has 1 unspecified atom stereocenters. The molecule has 12 heavy (non-hydrogen) atoms. The summed E-state index contributed by atoms with van der Waals surface area (Å²) in [6.45, 7) is 1.57. The summed E-state index contributed by atoms with van der Waals surface area (Å²) in [5.41, 5.74) is 0.828. The highest BCUT2D eigenvalue weighted by Crippen LogP contribution is 2.46. The molecule has 0 aromatic carbocycles. The molecule has 0 amide bonds. The van der Waals surface area contributed by atoms with E-state index in [0.29, 0.717) is 0 Å². The Bertz CT molecular complexity index is 291. The smallest absolute Gasteiger partial charge is 0.161 e. The van der Waals surface area contributed by atoms with E-state index in [4.69, 9.17) is 9.47 Å². The van der Waals surface area contributed by atoms with Crippen molar-refractivity contribution in [2.45, 2.75) is 11.7 Å². The van der Waals surface area contributed by atoms with E-state index >= 15 is 0 Å². The number of pyridine rings is 1. The Morgan fingerprint density at radius 3 is 2.83 bits per heavy atom. The van der Waals surface area contributed by atoms with Crippen LogP contribution >= 0.6 is 0 Å². The van der Waals surface area contributed by atoms with E-state index in [0.717, 1.165) is 18.9 Å². The van der Waals surface area contributed by atoms with Crippen molar-refractivity contribution >= 4 is 0 Å². The fourth-order valence-electron chi connectivity index (χ4n) is 1.51. The van der Waals surface area contributed by atoms with Crippen LogP contribution in [-0.4, -0.2) is 24.3 Å². The van der Waals surface area contributed by atoms with Crippen molar-refractivity contribution in [3.8, 4) is 0 Å². The van der Waals surface area contributed by atoms with Gasteiger partial charge in [-0.1, -0.05) is 6.07 Å². The molecule has 0 spiro atoms. The van der Waals surface area contributed by atoms with Crippen molar-refractivity contribution < 1.29 is 9.47 Å². The minimum absolute atomic E-state index is 0.179. The molecule has 0 bridgehead atoms. The Hall–Kier alpha value is -0.930. The Labute approximate surface area is 70.3 Å². The van der Waals surface area contributed by atoms with E-state index in [2.05, 4.69) is 4.98 Å². The number of hydrogen-bond acceptors (Lipinski definition) is 3. The highest BCUT2D eigenvalue weighted by Gasteiger charge is 2.60. The normalized spacial score (nSPS) is 37.8. The van der Waals surface area contributed by atoms with Crippen LogP contribution in [0.4, 0.5) is 0 Å². The average molecular weight is 163 g/mol. The average Bonchev–Trinajstić information content (AvgIpc) is 2.99. The van der Waals surface area contributed by atoms with Crippen molar-refractivity contribution in [2.75, 3.05) is 13.2 Å². The lowest BCUT2D eigenvalue weighted by Crippen LogP contribution is -2.17.